The van der Waals surface area contributed by atoms with E-state index in [0.717, 1.165) is 11.1 Å². The SMILES string of the molecule is CCc1c(C2(C(=O)O)CC2)cc2c(c1Cl)OCO2. The summed E-state index contributed by atoms with van der Waals surface area (Å²) in [6.45, 7) is 2.10. The van der Waals surface area contributed by atoms with E-state index in [0.29, 0.717) is 35.8 Å². The highest BCUT2D eigenvalue weighted by Gasteiger charge is 2.53. The van der Waals surface area contributed by atoms with Gasteiger partial charge < -0.3 is 14.6 Å². The van der Waals surface area contributed by atoms with Crippen molar-refractivity contribution in [2.24, 2.45) is 0 Å². The Labute approximate surface area is 109 Å². The number of carbonyl (C=O) groups is 1. The maximum atomic E-state index is 11.4. The molecule has 1 fully saturated rings. The molecule has 4 nitrogen and oxygen atoms in total. The van der Waals surface area contributed by atoms with Crippen LogP contribution >= 0.6 is 11.6 Å². The summed E-state index contributed by atoms with van der Waals surface area (Å²) < 4.78 is 10.6. The van der Waals surface area contributed by atoms with Crippen LogP contribution in [0.25, 0.3) is 0 Å². The predicted molar refractivity (Wildman–Crippen MR) is 65.5 cm³/mol. The van der Waals surface area contributed by atoms with Crippen molar-refractivity contribution in [2.45, 2.75) is 31.6 Å². The van der Waals surface area contributed by atoms with Crippen LogP contribution in [0.3, 0.4) is 0 Å². The number of benzene rings is 1. The van der Waals surface area contributed by atoms with Gasteiger partial charge in [-0.05, 0) is 36.5 Å². The molecule has 1 aliphatic heterocycles. The van der Waals surface area contributed by atoms with Crippen molar-refractivity contribution < 1.29 is 19.4 Å². The minimum absolute atomic E-state index is 0.141. The first-order valence-electron chi connectivity index (χ1n) is 5.95. The average molecular weight is 269 g/mol. The summed E-state index contributed by atoms with van der Waals surface area (Å²) in [5, 5.41) is 9.90. The molecule has 0 amide bonds. The quantitative estimate of drug-likeness (QED) is 0.916. The summed E-state index contributed by atoms with van der Waals surface area (Å²) in [4.78, 5) is 11.4. The van der Waals surface area contributed by atoms with Crippen molar-refractivity contribution in [1.29, 1.82) is 0 Å². The Morgan fingerprint density at radius 2 is 2.22 bits per heavy atom. The summed E-state index contributed by atoms with van der Waals surface area (Å²) in [5.74, 6) is 0.310. The number of hydrogen-bond acceptors (Lipinski definition) is 3. The van der Waals surface area contributed by atoms with Crippen molar-refractivity contribution in [3.8, 4) is 11.5 Å². The number of hydrogen-bond donors (Lipinski definition) is 1. The third-order valence-corrected chi connectivity index (χ3v) is 4.13. The Balaban J connectivity index is 2.21. The summed E-state index contributed by atoms with van der Waals surface area (Å²) in [5.41, 5.74) is 0.878. The van der Waals surface area contributed by atoms with Crippen LogP contribution in [0.2, 0.25) is 5.02 Å². The molecule has 1 heterocycles. The van der Waals surface area contributed by atoms with Crippen LogP contribution < -0.4 is 9.47 Å². The van der Waals surface area contributed by atoms with E-state index < -0.39 is 11.4 Å². The van der Waals surface area contributed by atoms with Gasteiger partial charge in [-0.2, -0.15) is 0 Å². The number of carboxylic acid groups (broad SMARTS) is 1. The molecular weight excluding hydrogens is 256 g/mol. The lowest BCUT2D eigenvalue weighted by atomic mass is 9.89. The fraction of sp³-hybridized carbons (Fsp3) is 0.462. The van der Waals surface area contributed by atoms with E-state index >= 15 is 0 Å². The van der Waals surface area contributed by atoms with Crippen LogP contribution in [-0.2, 0) is 16.6 Å². The third-order valence-electron chi connectivity index (χ3n) is 3.73. The average Bonchev–Trinajstić information content (AvgIpc) is 3.02. The number of fused-ring (bicyclic) bond motifs is 1. The number of aliphatic carboxylic acids is 1. The van der Waals surface area contributed by atoms with E-state index in [1.165, 1.54) is 0 Å². The van der Waals surface area contributed by atoms with Crippen molar-refractivity contribution in [1.82, 2.24) is 0 Å². The standard InChI is InChI=1S/C13H13ClO4/c1-2-7-8(13(3-4-13)12(15)16)5-9-11(10(7)14)18-6-17-9/h5H,2-4,6H2,1H3,(H,15,16). The van der Waals surface area contributed by atoms with Gasteiger partial charge in [-0.3, -0.25) is 4.79 Å². The molecule has 1 aromatic carbocycles. The van der Waals surface area contributed by atoms with Gasteiger partial charge in [0, 0.05) is 0 Å². The molecule has 0 spiro atoms. The molecule has 0 saturated heterocycles. The smallest absolute Gasteiger partial charge is 0.314 e. The van der Waals surface area contributed by atoms with Crippen LogP contribution in [0, 0.1) is 0 Å². The van der Waals surface area contributed by atoms with Gasteiger partial charge in [0.1, 0.15) is 0 Å². The van der Waals surface area contributed by atoms with Crippen LogP contribution in [0.1, 0.15) is 30.9 Å². The van der Waals surface area contributed by atoms with E-state index in [2.05, 4.69) is 0 Å². The highest BCUT2D eigenvalue weighted by atomic mass is 35.5. The number of ether oxygens (including phenoxy) is 2. The first-order chi connectivity index (χ1) is 8.60. The lowest BCUT2D eigenvalue weighted by Gasteiger charge is -2.17. The van der Waals surface area contributed by atoms with Gasteiger partial charge in [0.05, 0.1) is 10.4 Å². The van der Waals surface area contributed by atoms with Gasteiger partial charge in [-0.1, -0.05) is 18.5 Å². The van der Waals surface area contributed by atoms with E-state index in [1.807, 2.05) is 6.92 Å². The van der Waals surface area contributed by atoms with Gasteiger partial charge in [0.25, 0.3) is 0 Å². The van der Waals surface area contributed by atoms with Crippen molar-refractivity contribution in [3.63, 3.8) is 0 Å². The largest absolute Gasteiger partial charge is 0.481 e. The first-order valence-corrected chi connectivity index (χ1v) is 6.33. The number of halogens is 1. The Bertz CT molecular complexity index is 534. The van der Waals surface area contributed by atoms with Crippen LogP contribution in [0.4, 0.5) is 0 Å². The van der Waals surface area contributed by atoms with Gasteiger partial charge in [-0.25, -0.2) is 0 Å². The second kappa shape index (κ2) is 3.79. The van der Waals surface area contributed by atoms with Crippen LogP contribution in [-0.4, -0.2) is 17.9 Å². The first kappa shape index (κ1) is 11.7. The van der Waals surface area contributed by atoms with Gasteiger partial charge in [-0.15, -0.1) is 0 Å². The normalized spacial score (nSPS) is 18.8. The summed E-state index contributed by atoms with van der Waals surface area (Å²) in [6, 6.07) is 1.79. The van der Waals surface area contributed by atoms with Gasteiger partial charge in [0.15, 0.2) is 11.5 Å². The van der Waals surface area contributed by atoms with E-state index in [1.54, 1.807) is 6.07 Å². The molecule has 1 saturated carbocycles. The number of rotatable bonds is 3. The third kappa shape index (κ3) is 1.42. The zero-order valence-corrected chi connectivity index (χ0v) is 10.7. The molecule has 0 aromatic heterocycles. The minimum atomic E-state index is -0.785. The molecular formula is C13H13ClO4. The number of carboxylic acids is 1. The minimum Gasteiger partial charge on any atom is -0.481 e. The molecule has 0 atom stereocenters. The molecule has 0 radical (unpaired) electrons. The second-order valence-electron chi connectivity index (χ2n) is 4.69. The Hall–Kier alpha value is -1.42. The van der Waals surface area contributed by atoms with E-state index in [4.69, 9.17) is 21.1 Å². The second-order valence-corrected chi connectivity index (χ2v) is 5.07. The lowest BCUT2D eigenvalue weighted by molar-refractivity contribution is -0.140. The monoisotopic (exact) mass is 268 g/mol. The molecule has 1 N–H and O–H groups in total. The van der Waals surface area contributed by atoms with E-state index in [9.17, 15) is 9.90 Å². The van der Waals surface area contributed by atoms with Crippen molar-refractivity contribution in [3.05, 3.63) is 22.2 Å². The lowest BCUT2D eigenvalue weighted by Crippen LogP contribution is -2.21. The molecule has 5 heteroatoms. The zero-order chi connectivity index (χ0) is 12.9. The van der Waals surface area contributed by atoms with E-state index in [-0.39, 0.29) is 6.79 Å². The fourth-order valence-corrected chi connectivity index (χ4v) is 2.92. The zero-order valence-electron chi connectivity index (χ0n) is 9.96. The molecule has 0 bridgehead atoms. The molecule has 96 valence electrons. The molecule has 18 heavy (non-hydrogen) atoms. The maximum absolute atomic E-state index is 11.4. The molecule has 2 aliphatic rings. The van der Waals surface area contributed by atoms with Crippen molar-refractivity contribution >= 4 is 17.6 Å². The van der Waals surface area contributed by atoms with Gasteiger partial charge >= 0.3 is 5.97 Å². The highest BCUT2D eigenvalue weighted by molar-refractivity contribution is 6.33. The predicted octanol–water partition coefficient (Wildman–Crippen LogP) is 2.75. The Kier molecular flexibility index (Phi) is 2.45. The highest BCUT2D eigenvalue weighted by Crippen LogP contribution is 2.54. The van der Waals surface area contributed by atoms with Gasteiger partial charge in [0.2, 0.25) is 6.79 Å². The molecule has 0 unspecified atom stereocenters. The Morgan fingerprint density at radius 1 is 1.50 bits per heavy atom. The summed E-state index contributed by atoms with van der Waals surface area (Å²) >= 11 is 6.30. The molecule has 1 aliphatic carbocycles. The Morgan fingerprint density at radius 3 is 2.78 bits per heavy atom. The van der Waals surface area contributed by atoms with Crippen LogP contribution in [0.15, 0.2) is 6.07 Å². The topological polar surface area (TPSA) is 55.8 Å². The summed E-state index contributed by atoms with van der Waals surface area (Å²) in [6.07, 6.45) is 2.00. The fourth-order valence-electron chi connectivity index (χ4n) is 2.54. The van der Waals surface area contributed by atoms with Crippen LogP contribution in [0.5, 0.6) is 11.5 Å². The molecule has 3 rings (SSSR count). The maximum Gasteiger partial charge on any atom is 0.314 e. The molecule has 1 aromatic rings. The summed E-state index contributed by atoms with van der Waals surface area (Å²) in [7, 11) is 0. The van der Waals surface area contributed by atoms with Crippen molar-refractivity contribution in [2.75, 3.05) is 6.79 Å².